The van der Waals surface area contributed by atoms with E-state index in [-0.39, 0.29) is 41.3 Å². The molecule has 0 spiro atoms. The van der Waals surface area contributed by atoms with Crippen molar-refractivity contribution in [2.24, 2.45) is 5.92 Å². The van der Waals surface area contributed by atoms with Crippen molar-refractivity contribution in [3.8, 4) is 11.8 Å². The lowest BCUT2D eigenvalue weighted by molar-refractivity contribution is -0.137. The topological polar surface area (TPSA) is 178 Å². The zero-order chi connectivity index (χ0) is 25.3. The standard InChI is InChI=1S/C22H29N7O6/c1-11(2)9-28(22(33)34-3)8-4-5-13-26-18(23)14-19(27-13)29(10-24-14)21-16(31)15(30)17(35-21)20(32)25-12-6-7-12/h10-12,15-17,21,30-31H,6-9H2,1-3H3,(H,25,32)(H2,23,26,27). The van der Waals surface area contributed by atoms with E-state index in [1.165, 1.54) is 22.9 Å². The molecule has 5 N–H and O–H groups in total. The highest BCUT2D eigenvalue weighted by Crippen LogP contribution is 2.33. The summed E-state index contributed by atoms with van der Waals surface area (Å²) in [4.78, 5) is 38.5. The van der Waals surface area contributed by atoms with E-state index in [0.717, 1.165) is 12.8 Å². The van der Waals surface area contributed by atoms with Crippen molar-refractivity contribution in [2.45, 2.75) is 57.3 Å². The van der Waals surface area contributed by atoms with Crippen LogP contribution in [-0.4, -0.2) is 91.2 Å². The summed E-state index contributed by atoms with van der Waals surface area (Å²) in [5.74, 6) is 5.50. The number of methoxy groups -OCH3 is 1. The molecule has 2 fully saturated rings. The highest BCUT2D eigenvalue weighted by molar-refractivity contribution is 5.83. The number of hydrogen-bond acceptors (Lipinski definition) is 10. The van der Waals surface area contributed by atoms with Crippen LogP contribution in [0.4, 0.5) is 10.6 Å². The number of nitrogens with one attached hydrogen (secondary N) is 1. The monoisotopic (exact) mass is 487 g/mol. The van der Waals surface area contributed by atoms with Gasteiger partial charge in [-0.1, -0.05) is 19.8 Å². The van der Waals surface area contributed by atoms with Crippen LogP contribution < -0.4 is 11.1 Å². The van der Waals surface area contributed by atoms with Crippen LogP contribution in [0.2, 0.25) is 0 Å². The van der Waals surface area contributed by atoms with Gasteiger partial charge in [-0.3, -0.25) is 14.3 Å². The molecule has 2 aromatic heterocycles. The van der Waals surface area contributed by atoms with Crippen LogP contribution in [0.15, 0.2) is 6.33 Å². The summed E-state index contributed by atoms with van der Waals surface area (Å²) in [5.41, 5.74) is 6.51. The van der Waals surface area contributed by atoms with Crippen LogP contribution in [0.25, 0.3) is 11.2 Å². The Kier molecular flexibility index (Phi) is 7.06. The van der Waals surface area contributed by atoms with Gasteiger partial charge in [-0.15, -0.1) is 0 Å². The molecule has 4 rings (SSSR count). The van der Waals surface area contributed by atoms with E-state index in [9.17, 15) is 19.8 Å². The smallest absolute Gasteiger partial charge is 0.410 e. The fourth-order valence-corrected chi connectivity index (χ4v) is 3.78. The Morgan fingerprint density at radius 1 is 1.34 bits per heavy atom. The molecule has 1 aliphatic heterocycles. The van der Waals surface area contributed by atoms with Crippen LogP contribution in [0, 0.1) is 17.8 Å². The molecule has 2 amide bonds. The number of carbonyl (C=O) groups is 2. The third kappa shape index (κ3) is 5.29. The molecule has 3 heterocycles. The van der Waals surface area contributed by atoms with Gasteiger partial charge in [0, 0.05) is 12.6 Å². The molecule has 35 heavy (non-hydrogen) atoms. The summed E-state index contributed by atoms with van der Waals surface area (Å²) in [6.45, 7) is 4.50. The molecule has 1 aliphatic carbocycles. The molecule has 1 saturated heterocycles. The van der Waals surface area contributed by atoms with Gasteiger partial charge < -0.3 is 30.7 Å². The normalized spacial score (nSPS) is 23.7. The number of hydrogen-bond donors (Lipinski definition) is 4. The molecule has 188 valence electrons. The minimum Gasteiger partial charge on any atom is -0.453 e. The summed E-state index contributed by atoms with van der Waals surface area (Å²) in [7, 11) is 1.30. The predicted octanol–water partition coefficient (Wildman–Crippen LogP) is -0.618. The average molecular weight is 488 g/mol. The number of aromatic nitrogens is 4. The first kappa shape index (κ1) is 24.6. The molecule has 13 nitrogen and oxygen atoms in total. The third-order valence-electron chi connectivity index (χ3n) is 5.63. The van der Waals surface area contributed by atoms with Gasteiger partial charge in [-0.05, 0) is 24.7 Å². The first-order chi connectivity index (χ1) is 16.7. The van der Waals surface area contributed by atoms with Crippen molar-refractivity contribution in [3.05, 3.63) is 12.2 Å². The number of nitrogens with two attached hydrogens (primary N) is 1. The van der Waals surface area contributed by atoms with Crippen LogP contribution in [-0.2, 0) is 14.3 Å². The van der Waals surface area contributed by atoms with E-state index < -0.39 is 36.5 Å². The molecule has 0 aromatic carbocycles. The van der Waals surface area contributed by atoms with Crippen LogP contribution in [0.5, 0.6) is 0 Å². The Morgan fingerprint density at radius 2 is 2.09 bits per heavy atom. The molecular weight excluding hydrogens is 458 g/mol. The van der Waals surface area contributed by atoms with Gasteiger partial charge in [0.05, 0.1) is 20.0 Å². The van der Waals surface area contributed by atoms with Gasteiger partial charge in [0.2, 0.25) is 5.82 Å². The summed E-state index contributed by atoms with van der Waals surface area (Å²) < 4.78 is 11.9. The number of nitrogen functional groups attached to an aromatic ring is 1. The van der Waals surface area contributed by atoms with Gasteiger partial charge in [-0.25, -0.2) is 19.7 Å². The summed E-state index contributed by atoms with van der Waals surface area (Å²) >= 11 is 0. The van der Waals surface area contributed by atoms with Crippen molar-refractivity contribution < 1.29 is 29.3 Å². The molecule has 0 radical (unpaired) electrons. The Labute approximate surface area is 201 Å². The molecule has 0 bridgehead atoms. The van der Waals surface area contributed by atoms with E-state index in [2.05, 4.69) is 32.1 Å². The number of fused-ring (bicyclic) bond motifs is 1. The van der Waals surface area contributed by atoms with Crippen molar-refractivity contribution in [2.75, 3.05) is 25.9 Å². The number of amides is 2. The second kappa shape index (κ2) is 10.0. The highest BCUT2D eigenvalue weighted by atomic mass is 16.6. The number of nitrogens with zero attached hydrogens (tertiary/aromatic N) is 5. The highest BCUT2D eigenvalue weighted by Gasteiger charge is 2.48. The molecular formula is C22H29N7O6. The van der Waals surface area contributed by atoms with Gasteiger partial charge in [0.25, 0.3) is 5.91 Å². The average Bonchev–Trinajstić information content (AvgIpc) is 3.45. The Morgan fingerprint density at radius 3 is 2.74 bits per heavy atom. The van der Waals surface area contributed by atoms with Crippen LogP contribution in [0.1, 0.15) is 38.7 Å². The molecule has 13 heteroatoms. The van der Waals surface area contributed by atoms with Gasteiger partial charge in [0.1, 0.15) is 17.7 Å². The number of ether oxygens (including phenoxy) is 2. The number of carbonyl (C=O) groups excluding carboxylic acids is 2. The maximum Gasteiger partial charge on any atom is 0.410 e. The fourth-order valence-electron chi connectivity index (χ4n) is 3.78. The van der Waals surface area contributed by atoms with Crippen LogP contribution >= 0.6 is 0 Å². The van der Waals surface area contributed by atoms with Gasteiger partial charge >= 0.3 is 6.09 Å². The number of rotatable bonds is 6. The SMILES string of the molecule is COC(=O)N(CC#Cc1nc(N)c2ncn(C3OC(C(=O)NC4CC4)C(O)C3O)c2n1)CC(C)C. The number of anilines is 1. The van der Waals surface area contributed by atoms with Crippen molar-refractivity contribution in [1.82, 2.24) is 29.7 Å². The van der Waals surface area contributed by atoms with E-state index in [0.29, 0.717) is 6.54 Å². The first-order valence-electron chi connectivity index (χ1n) is 11.3. The minimum absolute atomic E-state index is 0.0566. The Balaban J connectivity index is 1.57. The Bertz CT molecular complexity index is 1170. The summed E-state index contributed by atoms with van der Waals surface area (Å²) in [6, 6.07) is 0.0767. The first-order valence-corrected chi connectivity index (χ1v) is 11.3. The lowest BCUT2D eigenvalue weighted by Gasteiger charge is -2.20. The lowest BCUT2D eigenvalue weighted by atomic mass is 10.1. The molecule has 2 aliphatic rings. The van der Waals surface area contributed by atoms with Crippen molar-refractivity contribution in [1.29, 1.82) is 0 Å². The summed E-state index contributed by atoms with van der Waals surface area (Å²) in [6.07, 6.45) is -2.59. The van der Waals surface area contributed by atoms with Gasteiger partial charge in [0.15, 0.2) is 23.8 Å². The van der Waals surface area contributed by atoms with E-state index in [1.54, 1.807) is 0 Å². The third-order valence-corrected chi connectivity index (χ3v) is 5.63. The maximum atomic E-state index is 12.4. The lowest BCUT2D eigenvalue weighted by Crippen LogP contribution is -2.43. The van der Waals surface area contributed by atoms with Gasteiger partial charge in [-0.2, -0.15) is 0 Å². The maximum absolute atomic E-state index is 12.4. The van der Waals surface area contributed by atoms with E-state index in [4.69, 9.17) is 15.2 Å². The Hall–Kier alpha value is -3.47. The fraction of sp³-hybridized carbons (Fsp3) is 0.591. The molecule has 4 unspecified atom stereocenters. The van der Waals surface area contributed by atoms with Crippen molar-refractivity contribution in [3.63, 3.8) is 0 Å². The second-order valence-corrected chi connectivity index (χ2v) is 9.01. The molecule has 2 aromatic rings. The van der Waals surface area contributed by atoms with E-state index >= 15 is 0 Å². The van der Waals surface area contributed by atoms with Crippen LogP contribution in [0.3, 0.4) is 0 Å². The molecule has 4 atom stereocenters. The quantitative estimate of drug-likeness (QED) is 0.384. The number of aliphatic hydroxyl groups excluding tert-OH is 2. The minimum atomic E-state index is -1.43. The predicted molar refractivity (Wildman–Crippen MR) is 123 cm³/mol. The van der Waals surface area contributed by atoms with E-state index in [1.807, 2.05) is 13.8 Å². The summed E-state index contributed by atoms with van der Waals surface area (Å²) in [5, 5.41) is 23.8. The zero-order valence-electron chi connectivity index (χ0n) is 19.7. The second-order valence-electron chi connectivity index (χ2n) is 9.01. The zero-order valence-corrected chi connectivity index (χ0v) is 19.7. The van der Waals surface area contributed by atoms with Crippen molar-refractivity contribution >= 4 is 29.0 Å². The largest absolute Gasteiger partial charge is 0.453 e. The number of imidazole rings is 1. The molecule has 1 saturated carbocycles. The number of aliphatic hydroxyl groups is 2.